The van der Waals surface area contributed by atoms with E-state index in [1.165, 1.54) is 25.7 Å². The number of fused-ring (bicyclic) bond motifs is 1. The molecule has 3 unspecified atom stereocenters. The molecule has 22 heteroatoms. The average molecular weight is 992 g/mol. The van der Waals surface area contributed by atoms with Crippen LogP contribution >= 0.6 is 0 Å². The first-order valence-electron chi connectivity index (χ1n) is 23.9. The van der Waals surface area contributed by atoms with E-state index in [0.29, 0.717) is 83.7 Å². The molecule has 2 aliphatic rings. The standard InChI is InChI=1S/C48H73N5O17/c1-5-37(49)63-29-17-9-13-21-41(57)67-33-25-50-45-46(52(47(50)61)27-35-69-43(59)23-15-11-19-31-65-39(55)7-3)53(28-36-70-44(60)24-16-12-20-32-66-40(56)8-4)48(62)51(45)26-34-68-42(58)22-14-10-18-30-64-38(54)6-2/h5-8,42,45-46,49,58H,1-4,9-36H2. The van der Waals surface area contributed by atoms with Gasteiger partial charge in [0.05, 0.1) is 52.7 Å². The van der Waals surface area contributed by atoms with Crippen LogP contribution in [0.3, 0.4) is 0 Å². The topological polar surface area (TPSA) is 267 Å². The number of esters is 6. The summed E-state index contributed by atoms with van der Waals surface area (Å²) in [5.74, 6) is -3.16. The Morgan fingerprint density at radius 2 is 0.786 bits per heavy atom. The molecule has 0 saturated carbocycles. The maximum absolute atomic E-state index is 14.3. The monoisotopic (exact) mass is 992 g/mol. The Bertz CT molecular complexity index is 1700. The number of unbranched alkanes of at least 4 members (excludes halogenated alkanes) is 8. The summed E-state index contributed by atoms with van der Waals surface area (Å²) in [5.41, 5.74) is 0. The number of ether oxygens (including phenoxy) is 8. The number of rotatable bonds is 41. The van der Waals surface area contributed by atoms with Crippen molar-refractivity contribution < 1.29 is 81.4 Å². The quantitative estimate of drug-likeness (QED) is 0.0160. The van der Waals surface area contributed by atoms with E-state index in [1.54, 1.807) is 0 Å². The molecule has 0 aliphatic carbocycles. The highest BCUT2D eigenvalue weighted by molar-refractivity contribution is 5.86. The van der Waals surface area contributed by atoms with Crippen LogP contribution in [0.15, 0.2) is 50.6 Å². The van der Waals surface area contributed by atoms with Crippen LogP contribution < -0.4 is 0 Å². The lowest BCUT2D eigenvalue weighted by Gasteiger charge is -2.30. The number of carbonyl (C=O) groups is 8. The first-order chi connectivity index (χ1) is 33.8. The highest BCUT2D eigenvalue weighted by Crippen LogP contribution is 2.35. The minimum atomic E-state index is -1.18. The van der Waals surface area contributed by atoms with E-state index >= 15 is 0 Å². The second-order valence-electron chi connectivity index (χ2n) is 16.0. The molecule has 2 heterocycles. The normalized spacial score (nSPS) is 15.4. The van der Waals surface area contributed by atoms with Gasteiger partial charge in [0.15, 0.2) is 6.29 Å². The molecule has 0 aromatic carbocycles. The van der Waals surface area contributed by atoms with Crippen molar-refractivity contribution in [2.45, 2.75) is 121 Å². The highest BCUT2D eigenvalue weighted by atomic mass is 16.6. The first-order valence-corrected chi connectivity index (χ1v) is 23.9. The fourth-order valence-electron chi connectivity index (χ4n) is 7.21. The Balaban J connectivity index is 2.18. The summed E-state index contributed by atoms with van der Waals surface area (Å²) in [6.45, 7) is 13.2. The molecule has 2 rings (SSSR count). The summed E-state index contributed by atoms with van der Waals surface area (Å²) in [5, 5.41) is 18.1. The molecule has 0 spiro atoms. The molecule has 392 valence electrons. The van der Waals surface area contributed by atoms with Crippen molar-refractivity contribution in [3.05, 3.63) is 50.6 Å². The minimum absolute atomic E-state index is 0.0369. The van der Waals surface area contributed by atoms with Gasteiger partial charge in [-0.1, -0.05) is 26.3 Å². The van der Waals surface area contributed by atoms with Gasteiger partial charge in [-0.25, -0.2) is 24.0 Å². The van der Waals surface area contributed by atoms with Gasteiger partial charge in [-0.05, 0) is 89.5 Å². The zero-order valence-electron chi connectivity index (χ0n) is 40.4. The Morgan fingerprint density at radius 1 is 0.457 bits per heavy atom. The molecule has 3 atom stereocenters. The van der Waals surface area contributed by atoms with Gasteiger partial charge in [0, 0.05) is 44.0 Å². The van der Waals surface area contributed by atoms with Crippen LogP contribution in [0.2, 0.25) is 0 Å². The molecule has 2 aliphatic heterocycles. The van der Waals surface area contributed by atoms with Crippen LogP contribution in [0.1, 0.15) is 103 Å². The van der Waals surface area contributed by atoms with Crippen LogP contribution in [-0.2, 0) is 66.7 Å². The van der Waals surface area contributed by atoms with Gasteiger partial charge in [0.25, 0.3) is 0 Å². The van der Waals surface area contributed by atoms with Crippen molar-refractivity contribution >= 4 is 53.8 Å². The number of nitrogens with one attached hydrogen (secondary N) is 1. The highest BCUT2D eigenvalue weighted by Gasteiger charge is 2.58. The lowest BCUT2D eigenvalue weighted by Crippen LogP contribution is -2.49. The molecule has 0 radical (unpaired) electrons. The van der Waals surface area contributed by atoms with E-state index in [-0.39, 0.29) is 104 Å². The summed E-state index contributed by atoms with van der Waals surface area (Å²) in [6, 6.07) is -1.08. The molecule has 70 heavy (non-hydrogen) atoms. The van der Waals surface area contributed by atoms with E-state index in [1.807, 2.05) is 0 Å². The molecule has 0 aromatic rings. The lowest BCUT2D eigenvalue weighted by atomic mass is 10.2. The van der Waals surface area contributed by atoms with Gasteiger partial charge in [0.2, 0.25) is 5.90 Å². The van der Waals surface area contributed by atoms with Crippen molar-refractivity contribution in [3.8, 4) is 0 Å². The van der Waals surface area contributed by atoms with Crippen molar-refractivity contribution in [2.75, 3.05) is 79.0 Å². The maximum Gasteiger partial charge on any atom is 0.330 e. The van der Waals surface area contributed by atoms with Gasteiger partial charge >= 0.3 is 47.9 Å². The number of nitrogens with zero attached hydrogens (tertiary/aromatic N) is 4. The number of aliphatic hydroxyl groups is 1. The van der Waals surface area contributed by atoms with Crippen molar-refractivity contribution in [2.24, 2.45) is 0 Å². The summed E-state index contributed by atoms with van der Waals surface area (Å²) >= 11 is 0. The van der Waals surface area contributed by atoms with Crippen molar-refractivity contribution in [1.82, 2.24) is 19.6 Å². The summed E-state index contributed by atoms with van der Waals surface area (Å²) in [6.07, 6.45) is 8.58. The molecule has 4 amide bonds. The van der Waals surface area contributed by atoms with Gasteiger partial charge in [-0.3, -0.25) is 39.4 Å². The third kappa shape index (κ3) is 23.8. The van der Waals surface area contributed by atoms with Crippen molar-refractivity contribution in [3.63, 3.8) is 0 Å². The number of hydrogen-bond acceptors (Lipinski definition) is 18. The molecular formula is C48H73N5O17. The first kappa shape index (κ1) is 59.8. The minimum Gasteiger partial charge on any atom is -0.478 e. The lowest BCUT2D eigenvalue weighted by molar-refractivity contribution is -0.145. The van der Waals surface area contributed by atoms with Crippen LogP contribution in [0.5, 0.6) is 0 Å². The number of aliphatic hydroxyl groups excluding tert-OH is 1. The summed E-state index contributed by atoms with van der Waals surface area (Å²) in [7, 11) is 0. The Labute approximate surface area is 410 Å². The maximum atomic E-state index is 14.3. The van der Waals surface area contributed by atoms with Crippen LogP contribution in [0, 0.1) is 5.41 Å². The second-order valence-corrected chi connectivity index (χ2v) is 16.0. The molecule has 22 nitrogen and oxygen atoms in total. The molecule has 2 fully saturated rings. The van der Waals surface area contributed by atoms with Crippen molar-refractivity contribution in [1.29, 1.82) is 5.41 Å². The Morgan fingerprint density at radius 3 is 1.13 bits per heavy atom. The smallest absolute Gasteiger partial charge is 0.330 e. The van der Waals surface area contributed by atoms with Crippen LogP contribution in [0.4, 0.5) is 9.59 Å². The fraction of sp³-hybridized carbons (Fsp3) is 0.646. The largest absolute Gasteiger partial charge is 0.478 e. The summed E-state index contributed by atoms with van der Waals surface area (Å²) in [4.78, 5) is 106. The molecule has 2 saturated heterocycles. The van der Waals surface area contributed by atoms with Crippen LogP contribution in [-0.4, -0.2) is 176 Å². The number of carbonyl (C=O) groups excluding carboxylic acids is 8. The second kappa shape index (κ2) is 35.8. The van der Waals surface area contributed by atoms with E-state index in [4.69, 9.17) is 43.3 Å². The fourth-order valence-corrected chi connectivity index (χ4v) is 7.21. The number of hydrogen-bond donors (Lipinski definition) is 2. The zero-order chi connectivity index (χ0) is 51.5. The van der Waals surface area contributed by atoms with Crippen LogP contribution in [0.25, 0.3) is 0 Å². The predicted octanol–water partition coefficient (Wildman–Crippen LogP) is 4.69. The van der Waals surface area contributed by atoms with E-state index in [2.05, 4.69) is 26.3 Å². The average Bonchev–Trinajstić information content (AvgIpc) is 3.76. The van der Waals surface area contributed by atoms with Gasteiger partial charge in [-0.15, -0.1) is 0 Å². The summed E-state index contributed by atoms with van der Waals surface area (Å²) < 4.78 is 42.3. The number of urea groups is 2. The van der Waals surface area contributed by atoms with Gasteiger partial charge in [-0.2, -0.15) is 0 Å². The Hall–Kier alpha value is -6.29. The number of amides is 4. The third-order valence-corrected chi connectivity index (χ3v) is 10.8. The molecule has 0 bridgehead atoms. The van der Waals surface area contributed by atoms with E-state index < -0.39 is 66.5 Å². The predicted molar refractivity (Wildman–Crippen MR) is 251 cm³/mol. The SMILES string of the molecule is C=CC(=N)OCCCCCC(=O)OCCN1C(=O)N(CCOC(=O)CCCCCOC(=O)C=C)C2C1N(CCOC(O)CCCCCOC(=O)C=C)C(=O)N2CCOC(=O)CCCCCOC(=O)C=C. The molecule has 2 N–H and O–H groups in total. The molecular weight excluding hydrogens is 919 g/mol. The van der Waals surface area contributed by atoms with Gasteiger partial charge in [0.1, 0.15) is 32.2 Å². The zero-order valence-corrected chi connectivity index (χ0v) is 40.4. The third-order valence-electron chi connectivity index (χ3n) is 10.8. The molecule has 0 aromatic heterocycles. The van der Waals surface area contributed by atoms with Gasteiger partial charge < -0.3 is 43.0 Å². The Kier molecular flexibility index (Phi) is 30.6. The van der Waals surface area contributed by atoms with E-state index in [9.17, 15) is 43.5 Å². The van der Waals surface area contributed by atoms with E-state index in [0.717, 1.165) is 18.2 Å².